The van der Waals surface area contributed by atoms with Crippen LogP contribution in [0.1, 0.15) is 31.2 Å². The Hall–Kier alpha value is -2.38. The molecule has 0 aliphatic carbocycles. The van der Waals surface area contributed by atoms with Crippen molar-refractivity contribution in [3.05, 3.63) is 58.4 Å². The average Bonchev–Trinajstić information content (AvgIpc) is 3.27. The zero-order valence-electron chi connectivity index (χ0n) is 16.2. The third kappa shape index (κ3) is 5.56. The van der Waals surface area contributed by atoms with Crippen molar-refractivity contribution in [3.63, 3.8) is 0 Å². The van der Waals surface area contributed by atoms with Gasteiger partial charge in [-0.15, -0.1) is 11.3 Å². The Balaban J connectivity index is 1.74. The third-order valence-electron chi connectivity index (χ3n) is 4.12. The van der Waals surface area contributed by atoms with E-state index in [1.807, 2.05) is 56.6 Å². The lowest BCUT2D eigenvalue weighted by molar-refractivity contribution is 0.0518. The number of hydrogen-bond donors (Lipinski definition) is 3. The van der Waals surface area contributed by atoms with E-state index in [1.54, 1.807) is 11.3 Å². The third-order valence-corrected chi connectivity index (χ3v) is 5.43. The Morgan fingerprint density at radius 3 is 2.75 bits per heavy atom. The number of rotatable bonds is 6. The highest BCUT2D eigenvalue weighted by atomic mass is 32.1. The maximum Gasteiger partial charge on any atom is 0.408 e. The van der Waals surface area contributed by atoms with E-state index in [-0.39, 0.29) is 6.04 Å². The van der Waals surface area contributed by atoms with Gasteiger partial charge in [-0.2, -0.15) is 0 Å². The molecule has 3 N–H and O–H groups in total. The van der Waals surface area contributed by atoms with E-state index in [2.05, 4.69) is 27.8 Å². The minimum absolute atomic E-state index is 0.371. The van der Waals surface area contributed by atoms with Crippen LogP contribution in [0.3, 0.4) is 0 Å². The molecule has 0 aliphatic rings. The van der Waals surface area contributed by atoms with Gasteiger partial charge in [0.15, 0.2) is 0 Å². The first-order valence-electron chi connectivity index (χ1n) is 9.16. The number of fused-ring (bicyclic) bond motifs is 1. The summed E-state index contributed by atoms with van der Waals surface area (Å²) in [6.45, 7) is 6.16. The molecule has 1 amide bonds. The van der Waals surface area contributed by atoms with Gasteiger partial charge in [0.2, 0.25) is 0 Å². The van der Waals surface area contributed by atoms with Crippen molar-refractivity contribution in [1.29, 1.82) is 0 Å². The maximum atomic E-state index is 12.4. The van der Waals surface area contributed by atoms with Gasteiger partial charge in [-0.25, -0.2) is 4.79 Å². The number of nitrogens with one attached hydrogen (secondary N) is 3. The summed E-state index contributed by atoms with van der Waals surface area (Å²) in [6.07, 6.45) is 2.06. The highest BCUT2D eigenvalue weighted by Crippen LogP contribution is 2.20. The van der Waals surface area contributed by atoms with Gasteiger partial charge < -0.3 is 20.4 Å². The molecular weight excluding hydrogens is 390 g/mol. The van der Waals surface area contributed by atoms with E-state index in [1.165, 1.54) is 4.88 Å². The standard InChI is InChI=1S/C21H25N3O2S2/c1-21(2,3)26-20(25)24-18(19(27)23-13-15-7-6-10-28-15)11-14-12-22-17-9-5-4-8-16(14)17/h4-10,12,18,22H,11,13H2,1-3H3,(H,23,27)(H,24,25)/t18-/m1/s1. The van der Waals surface area contributed by atoms with Crippen molar-refractivity contribution in [1.82, 2.24) is 15.6 Å². The van der Waals surface area contributed by atoms with Gasteiger partial charge in [-0.05, 0) is 43.8 Å². The minimum Gasteiger partial charge on any atom is -0.444 e. The van der Waals surface area contributed by atoms with Gasteiger partial charge in [0.05, 0.1) is 11.0 Å². The molecule has 0 saturated heterocycles. The number of thiocarbonyl (C=S) groups is 1. The van der Waals surface area contributed by atoms with E-state index in [4.69, 9.17) is 17.0 Å². The molecule has 0 bridgehead atoms. The molecule has 28 heavy (non-hydrogen) atoms. The summed E-state index contributed by atoms with van der Waals surface area (Å²) in [6, 6.07) is 11.8. The molecule has 1 atom stereocenters. The summed E-state index contributed by atoms with van der Waals surface area (Å²) in [5.74, 6) is 0. The lowest BCUT2D eigenvalue weighted by Crippen LogP contribution is -2.48. The van der Waals surface area contributed by atoms with Crippen LogP contribution in [0.25, 0.3) is 10.9 Å². The largest absolute Gasteiger partial charge is 0.444 e. The van der Waals surface area contributed by atoms with Crippen LogP contribution in [0.5, 0.6) is 0 Å². The number of para-hydroxylation sites is 1. The zero-order valence-corrected chi connectivity index (χ0v) is 17.9. The van der Waals surface area contributed by atoms with E-state index in [0.29, 0.717) is 18.0 Å². The minimum atomic E-state index is -0.568. The molecule has 1 aromatic carbocycles. The Morgan fingerprint density at radius 1 is 1.25 bits per heavy atom. The second kappa shape index (κ2) is 8.75. The van der Waals surface area contributed by atoms with Gasteiger partial charge in [-0.1, -0.05) is 36.5 Å². The van der Waals surface area contributed by atoms with Crippen LogP contribution in [0.15, 0.2) is 48.0 Å². The fourth-order valence-electron chi connectivity index (χ4n) is 2.89. The molecule has 0 radical (unpaired) electrons. The molecule has 2 aromatic heterocycles. The van der Waals surface area contributed by atoms with Gasteiger partial charge in [-0.3, -0.25) is 0 Å². The van der Waals surface area contributed by atoms with E-state index in [9.17, 15) is 4.79 Å². The summed E-state index contributed by atoms with van der Waals surface area (Å²) in [5, 5.41) is 9.36. The van der Waals surface area contributed by atoms with Crippen molar-refractivity contribution in [2.24, 2.45) is 0 Å². The Kier molecular flexibility index (Phi) is 6.36. The summed E-state index contributed by atoms with van der Waals surface area (Å²) < 4.78 is 5.43. The van der Waals surface area contributed by atoms with Crippen molar-refractivity contribution in [2.75, 3.05) is 0 Å². The van der Waals surface area contributed by atoms with E-state index >= 15 is 0 Å². The lowest BCUT2D eigenvalue weighted by Gasteiger charge is -2.24. The van der Waals surface area contributed by atoms with Crippen LogP contribution >= 0.6 is 23.6 Å². The summed E-state index contributed by atoms with van der Waals surface area (Å²) in [7, 11) is 0. The Labute approximate surface area is 174 Å². The topological polar surface area (TPSA) is 66.1 Å². The average molecular weight is 416 g/mol. The number of thiophene rings is 1. The molecule has 2 heterocycles. The molecular formula is C21H25N3O2S2. The number of benzene rings is 1. The van der Waals surface area contributed by atoms with E-state index < -0.39 is 11.7 Å². The van der Waals surface area contributed by atoms with Gasteiger partial charge in [0.1, 0.15) is 5.60 Å². The van der Waals surface area contributed by atoms with Crippen molar-refractivity contribution in [3.8, 4) is 0 Å². The fraction of sp³-hybridized carbons (Fsp3) is 0.333. The molecule has 0 fully saturated rings. The smallest absolute Gasteiger partial charge is 0.408 e. The van der Waals surface area contributed by atoms with Crippen LogP contribution in [-0.2, 0) is 17.7 Å². The number of aromatic nitrogens is 1. The molecule has 0 aliphatic heterocycles. The predicted molar refractivity (Wildman–Crippen MR) is 119 cm³/mol. The Bertz CT molecular complexity index is 942. The second-order valence-corrected chi connectivity index (χ2v) is 9.03. The highest BCUT2D eigenvalue weighted by Gasteiger charge is 2.23. The fourth-order valence-corrected chi connectivity index (χ4v) is 3.75. The number of carbonyl (C=O) groups is 1. The summed E-state index contributed by atoms with van der Waals surface area (Å²) >= 11 is 7.28. The first-order chi connectivity index (χ1) is 13.3. The van der Waals surface area contributed by atoms with Crippen molar-refractivity contribution < 1.29 is 9.53 Å². The van der Waals surface area contributed by atoms with Crippen molar-refractivity contribution in [2.45, 2.75) is 45.4 Å². The number of carbonyl (C=O) groups excluding carboxylic acids is 1. The summed E-state index contributed by atoms with van der Waals surface area (Å²) in [5.41, 5.74) is 1.59. The van der Waals surface area contributed by atoms with Gasteiger partial charge in [0, 0.05) is 34.9 Å². The number of hydrogen-bond acceptors (Lipinski definition) is 4. The first-order valence-corrected chi connectivity index (χ1v) is 10.5. The first kappa shape index (κ1) is 20.4. The van der Waals surface area contributed by atoms with Crippen LogP contribution < -0.4 is 10.6 Å². The van der Waals surface area contributed by atoms with Crippen molar-refractivity contribution >= 4 is 45.5 Å². The molecule has 0 saturated carbocycles. The zero-order chi connectivity index (χ0) is 20.1. The number of aromatic amines is 1. The van der Waals surface area contributed by atoms with E-state index in [0.717, 1.165) is 16.5 Å². The van der Waals surface area contributed by atoms with Gasteiger partial charge >= 0.3 is 6.09 Å². The van der Waals surface area contributed by atoms with Gasteiger partial charge in [0.25, 0.3) is 0 Å². The predicted octanol–water partition coefficient (Wildman–Crippen LogP) is 4.78. The Morgan fingerprint density at radius 2 is 2.04 bits per heavy atom. The quantitative estimate of drug-likeness (QED) is 0.507. The van der Waals surface area contributed by atoms with Crippen LogP contribution in [0.4, 0.5) is 4.79 Å². The molecule has 0 unspecified atom stereocenters. The van der Waals surface area contributed by atoms with Crippen LogP contribution in [0.2, 0.25) is 0 Å². The summed E-state index contributed by atoms with van der Waals surface area (Å²) in [4.78, 5) is 17.4. The molecule has 5 nitrogen and oxygen atoms in total. The number of H-pyrrole nitrogens is 1. The normalized spacial score (nSPS) is 12.5. The number of ether oxygens (including phenoxy) is 1. The SMILES string of the molecule is CC(C)(C)OC(=O)N[C@H](Cc1c[nH]c2ccccc12)C(=S)NCc1cccs1. The number of alkyl carbamates (subject to hydrolysis) is 1. The maximum absolute atomic E-state index is 12.4. The van der Waals surface area contributed by atoms with Crippen LogP contribution in [0, 0.1) is 0 Å². The highest BCUT2D eigenvalue weighted by molar-refractivity contribution is 7.80. The molecule has 3 aromatic rings. The molecule has 7 heteroatoms. The molecule has 3 rings (SSSR count). The molecule has 148 valence electrons. The second-order valence-electron chi connectivity index (χ2n) is 7.56. The van der Waals surface area contributed by atoms with Crippen LogP contribution in [-0.4, -0.2) is 27.7 Å². The monoisotopic (exact) mass is 415 g/mol. The number of amides is 1. The lowest BCUT2D eigenvalue weighted by atomic mass is 10.0. The molecule has 0 spiro atoms.